The second-order valence-electron chi connectivity index (χ2n) is 5.52. The summed E-state index contributed by atoms with van der Waals surface area (Å²) in [5.41, 5.74) is 2.38. The highest BCUT2D eigenvalue weighted by Crippen LogP contribution is 2.22. The molecule has 1 amide bonds. The van der Waals surface area contributed by atoms with E-state index < -0.39 is 0 Å². The van der Waals surface area contributed by atoms with Gasteiger partial charge >= 0.3 is 0 Å². The Hall–Kier alpha value is -1.59. The average Bonchev–Trinajstić information content (AvgIpc) is 2.62. The van der Waals surface area contributed by atoms with Gasteiger partial charge in [0.2, 0.25) is 5.91 Å². The maximum absolute atomic E-state index is 12.0. The first-order valence-corrected chi connectivity index (χ1v) is 10.3. The third-order valence-corrected chi connectivity index (χ3v) is 5.23. The number of unbranched alkanes of at least 4 members (excludes halogenated alkanes) is 1. The summed E-state index contributed by atoms with van der Waals surface area (Å²) in [5, 5.41) is 12.8. The lowest BCUT2D eigenvalue weighted by Gasteiger charge is -2.07. The van der Waals surface area contributed by atoms with Gasteiger partial charge in [0.1, 0.15) is 11.1 Å². The van der Waals surface area contributed by atoms with Gasteiger partial charge in [0.15, 0.2) is 0 Å². The Balaban J connectivity index is 1.88. The van der Waals surface area contributed by atoms with Gasteiger partial charge in [0.25, 0.3) is 0 Å². The molecule has 2 aromatic rings. The number of carbonyl (C=O) groups excluding carboxylic acids is 1. The minimum atomic E-state index is -0.0330. The molecule has 130 valence electrons. The third kappa shape index (κ3) is 6.67. The highest BCUT2D eigenvalue weighted by molar-refractivity contribution is 14.1. The van der Waals surface area contributed by atoms with Gasteiger partial charge in [-0.05, 0) is 71.8 Å². The number of benzene rings is 1. The van der Waals surface area contributed by atoms with Crippen molar-refractivity contribution in [1.29, 1.82) is 5.26 Å². The van der Waals surface area contributed by atoms with E-state index in [1.165, 1.54) is 11.8 Å². The van der Waals surface area contributed by atoms with Crippen molar-refractivity contribution in [3.05, 3.63) is 51.2 Å². The highest BCUT2D eigenvalue weighted by Gasteiger charge is 2.09. The Kier molecular flexibility index (Phi) is 8.22. The topological polar surface area (TPSA) is 65.8 Å². The molecule has 0 bridgehead atoms. The lowest BCUT2D eigenvalue weighted by Crippen LogP contribution is -2.12. The number of anilines is 1. The van der Waals surface area contributed by atoms with E-state index in [4.69, 9.17) is 0 Å². The Morgan fingerprint density at radius 1 is 1.28 bits per heavy atom. The van der Waals surface area contributed by atoms with Crippen LogP contribution in [0.15, 0.2) is 41.4 Å². The van der Waals surface area contributed by atoms with Gasteiger partial charge in [0.05, 0.1) is 5.56 Å². The van der Waals surface area contributed by atoms with Crippen molar-refractivity contribution in [2.75, 3.05) is 11.1 Å². The Morgan fingerprint density at radius 2 is 2.04 bits per heavy atom. The van der Waals surface area contributed by atoms with Crippen LogP contribution in [0.5, 0.6) is 0 Å². The fourth-order valence-corrected chi connectivity index (χ4v) is 3.46. The zero-order valence-corrected chi connectivity index (χ0v) is 17.1. The number of thioether (sulfide) groups is 1. The summed E-state index contributed by atoms with van der Waals surface area (Å²) in [4.78, 5) is 16.6. The fraction of sp³-hybridized carbons (Fsp3) is 0.316. The number of carbonyl (C=O) groups is 1. The van der Waals surface area contributed by atoms with Crippen LogP contribution in [0, 0.1) is 14.9 Å². The molecule has 0 atom stereocenters. The molecule has 0 radical (unpaired) electrons. The summed E-state index contributed by atoms with van der Waals surface area (Å²) in [7, 11) is 0. The summed E-state index contributed by atoms with van der Waals surface area (Å²) in [6, 6.07) is 13.6. The van der Waals surface area contributed by atoms with E-state index in [0.717, 1.165) is 39.2 Å². The molecule has 0 aliphatic carbocycles. The van der Waals surface area contributed by atoms with Crippen molar-refractivity contribution in [1.82, 2.24) is 4.98 Å². The molecule has 0 saturated carbocycles. The number of aryl methyl sites for hydroxylation is 1. The van der Waals surface area contributed by atoms with E-state index in [1.807, 2.05) is 36.4 Å². The van der Waals surface area contributed by atoms with E-state index in [-0.39, 0.29) is 5.91 Å². The van der Waals surface area contributed by atoms with Gasteiger partial charge in [-0.25, -0.2) is 4.98 Å². The van der Waals surface area contributed by atoms with Crippen LogP contribution < -0.4 is 5.32 Å². The van der Waals surface area contributed by atoms with Crippen LogP contribution in [0.25, 0.3) is 0 Å². The van der Waals surface area contributed by atoms with E-state index >= 15 is 0 Å². The number of hydrogen-bond acceptors (Lipinski definition) is 4. The van der Waals surface area contributed by atoms with Gasteiger partial charge in [-0.2, -0.15) is 5.26 Å². The Labute approximate surface area is 166 Å². The van der Waals surface area contributed by atoms with Gasteiger partial charge < -0.3 is 5.32 Å². The zero-order valence-electron chi connectivity index (χ0n) is 14.1. The highest BCUT2D eigenvalue weighted by atomic mass is 127. The number of rotatable bonds is 8. The van der Waals surface area contributed by atoms with Gasteiger partial charge in [-0.15, -0.1) is 11.8 Å². The van der Waals surface area contributed by atoms with Crippen molar-refractivity contribution >= 4 is 45.9 Å². The second kappa shape index (κ2) is 10.4. The number of nitriles is 1. The molecule has 4 nitrogen and oxygen atoms in total. The van der Waals surface area contributed by atoms with E-state index in [0.29, 0.717) is 17.7 Å². The molecule has 0 saturated heterocycles. The largest absolute Gasteiger partial charge is 0.326 e. The predicted octanol–water partition coefficient (Wildman–Crippen LogP) is 5.02. The number of pyridine rings is 1. The number of nitrogens with zero attached hydrogens (tertiary/aromatic N) is 2. The van der Waals surface area contributed by atoms with Crippen LogP contribution >= 0.6 is 34.4 Å². The van der Waals surface area contributed by atoms with Crippen molar-refractivity contribution in [2.24, 2.45) is 0 Å². The average molecular weight is 465 g/mol. The molecule has 1 aromatic carbocycles. The Morgan fingerprint density at radius 3 is 2.72 bits per heavy atom. The molecule has 1 heterocycles. The van der Waals surface area contributed by atoms with E-state index in [1.54, 1.807) is 0 Å². The zero-order chi connectivity index (χ0) is 18.1. The molecule has 2 rings (SSSR count). The molecule has 0 aliphatic heterocycles. The predicted molar refractivity (Wildman–Crippen MR) is 111 cm³/mol. The molecule has 0 unspecified atom stereocenters. The summed E-state index contributed by atoms with van der Waals surface area (Å²) < 4.78 is 1.13. The Bertz CT molecular complexity index is 756. The monoisotopic (exact) mass is 465 g/mol. The summed E-state index contributed by atoms with van der Waals surface area (Å²) >= 11 is 3.69. The maximum Gasteiger partial charge on any atom is 0.225 e. The first-order chi connectivity index (χ1) is 12.1. The summed E-state index contributed by atoms with van der Waals surface area (Å²) in [5.74, 6) is 0.559. The molecule has 1 aromatic heterocycles. The smallest absolute Gasteiger partial charge is 0.225 e. The van der Waals surface area contributed by atoms with E-state index in [2.05, 4.69) is 45.9 Å². The molecule has 25 heavy (non-hydrogen) atoms. The SMILES string of the molecule is CCCCc1ccc(C#N)c(SCCC(=O)Nc2ccc(I)cc2)n1. The molecule has 0 fully saturated rings. The summed E-state index contributed by atoms with van der Waals surface area (Å²) in [6.45, 7) is 2.14. The first-order valence-electron chi connectivity index (χ1n) is 8.20. The molecular weight excluding hydrogens is 445 g/mol. The maximum atomic E-state index is 12.0. The molecular formula is C19H20IN3OS. The van der Waals surface area contributed by atoms with Crippen molar-refractivity contribution in [2.45, 2.75) is 37.6 Å². The van der Waals surface area contributed by atoms with Gasteiger partial charge in [-0.1, -0.05) is 13.3 Å². The third-order valence-electron chi connectivity index (χ3n) is 3.52. The lowest BCUT2D eigenvalue weighted by molar-refractivity contribution is -0.115. The summed E-state index contributed by atoms with van der Waals surface area (Å²) in [6.07, 6.45) is 3.50. The van der Waals surface area contributed by atoms with Crippen LogP contribution in [0.1, 0.15) is 37.4 Å². The van der Waals surface area contributed by atoms with E-state index in [9.17, 15) is 10.1 Å². The lowest BCUT2D eigenvalue weighted by atomic mass is 10.2. The van der Waals surface area contributed by atoms with Crippen LogP contribution in [0.2, 0.25) is 0 Å². The van der Waals surface area contributed by atoms with Crippen LogP contribution in [-0.4, -0.2) is 16.6 Å². The number of amides is 1. The first kappa shape index (κ1) is 19.7. The van der Waals surface area contributed by atoms with Crippen LogP contribution in [0.3, 0.4) is 0 Å². The number of halogens is 1. The minimum absolute atomic E-state index is 0.0330. The minimum Gasteiger partial charge on any atom is -0.326 e. The molecule has 0 aliphatic rings. The van der Waals surface area contributed by atoms with Gasteiger partial charge in [0, 0.05) is 27.1 Å². The fourth-order valence-electron chi connectivity index (χ4n) is 2.17. The second-order valence-corrected chi connectivity index (χ2v) is 7.85. The van der Waals surface area contributed by atoms with Crippen molar-refractivity contribution in [3.8, 4) is 6.07 Å². The van der Waals surface area contributed by atoms with Crippen molar-refractivity contribution in [3.63, 3.8) is 0 Å². The molecule has 0 spiro atoms. The van der Waals surface area contributed by atoms with Crippen molar-refractivity contribution < 1.29 is 4.79 Å². The number of nitrogens with one attached hydrogen (secondary N) is 1. The number of aromatic nitrogens is 1. The molecule has 1 N–H and O–H groups in total. The standard InChI is InChI=1S/C19H20IN3OS/c1-2-3-4-16-8-5-14(13-21)19(23-16)25-12-11-18(24)22-17-9-6-15(20)7-10-17/h5-10H,2-4,11-12H2,1H3,(H,22,24). The van der Waals surface area contributed by atoms with Crippen LogP contribution in [0.4, 0.5) is 5.69 Å². The van der Waals surface area contributed by atoms with Gasteiger partial charge in [-0.3, -0.25) is 4.79 Å². The van der Waals surface area contributed by atoms with Crippen LogP contribution in [-0.2, 0) is 11.2 Å². The quantitative estimate of drug-likeness (QED) is 0.439. The normalized spacial score (nSPS) is 10.3. The molecule has 6 heteroatoms. The number of hydrogen-bond donors (Lipinski definition) is 1.